The Balaban J connectivity index is 2.65. The molecule has 0 unspecified atom stereocenters. The molecule has 0 bridgehead atoms. The van der Waals surface area contributed by atoms with Crippen molar-refractivity contribution in [3.8, 4) is 0 Å². The average Bonchev–Trinajstić information content (AvgIpc) is 2.57. The van der Waals surface area contributed by atoms with Gasteiger partial charge < -0.3 is 4.57 Å². The van der Waals surface area contributed by atoms with Gasteiger partial charge in [0.05, 0.1) is 11.9 Å². The molecule has 0 N–H and O–H groups in total. The van der Waals surface area contributed by atoms with E-state index in [0.29, 0.717) is 0 Å². The Hall–Kier alpha value is -2.04. The highest BCUT2D eigenvalue weighted by molar-refractivity contribution is 6.04. The quantitative estimate of drug-likeness (QED) is 0.588. The fourth-order valence-electron chi connectivity index (χ4n) is 2.24. The molecule has 3 heterocycles. The van der Waals surface area contributed by atoms with Gasteiger partial charge in [-0.3, -0.25) is 0 Å². The van der Waals surface area contributed by atoms with Crippen LogP contribution >= 0.6 is 0 Å². The summed E-state index contributed by atoms with van der Waals surface area (Å²) in [5, 5.41) is 10.2. The third-order valence-corrected chi connectivity index (χ3v) is 3.20. The van der Waals surface area contributed by atoms with Crippen molar-refractivity contribution in [2.24, 2.45) is 7.05 Å². The summed E-state index contributed by atoms with van der Waals surface area (Å²) in [4.78, 5) is 9.17. The highest BCUT2D eigenvalue weighted by Crippen LogP contribution is 2.26. The number of hydrogen-bond acceptors (Lipinski definition) is 4. The first kappa shape index (κ1) is 10.1. The van der Waals surface area contributed by atoms with E-state index in [1.807, 2.05) is 32.4 Å². The predicted octanol–water partition coefficient (Wildman–Crippen LogP) is 1.84. The molecule has 86 valence electrons. The predicted molar refractivity (Wildman–Crippen MR) is 65.8 cm³/mol. The molecule has 0 saturated carbocycles. The van der Waals surface area contributed by atoms with Crippen LogP contribution in [0.5, 0.6) is 0 Å². The minimum absolute atomic E-state index is 0.901. The molecule has 0 aliphatic carbocycles. The van der Waals surface area contributed by atoms with E-state index in [4.69, 9.17) is 0 Å². The summed E-state index contributed by atoms with van der Waals surface area (Å²) in [6.45, 7) is 5.93. The molecule has 0 amide bonds. The van der Waals surface area contributed by atoms with Gasteiger partial charge in [0, 0.05) is 23.5 Å². The Morgan fingerprint density at radius 3 is 2.59 bits per heavy atom. The summed E-state index contributed by atoms with van der Waals surface area (Å²) in [5.74, 6) is 0.953. The molecular weight excluding hydrogens is 214 g/mol. The standard InChI is InChI=1S/C12H13N5/c1-6-10-7(2)16-13-5-9(10)11-12(14-6)17(4)8(3)15-11/h5H,1-4H3. The lowest BCUT2D eigenvalue weighted by Crippen LogP contribution is -1.97. The lowest BCUT2D eigenvalue weighted by atomic mass is 10.1. The molecular formula is C12H13N5. The van der Waals surface area contributed by atoms with Crippen LogP contribution in [0.2, 0.25) is 0 Å². The molecule has 0 fully saturated rings. The largest absolute Gasteiger partial charge is 0.316 e. The maximum absolute atomic E-state index is 4.62. The monoisotopic (exact) mass is 227 g/mol. The van der Waals surface area contributed by atoms with Crippen LogP contribution in [0.3, 0.4) is 0 Å². The van der Waals surface area contributed by atoms with Gasteiger partial charge in [-0.15, -0.1) is 0 Å². The van der Waals surface area contributed by atoms with Gasteiger partial charge in [-0.05, 0) is 20.8 Å². The molecule has 5 heteroatoms. The van der Waals surface area contributed by atoms with E-state index >= 15 is 0 Å². The van der Waals surface area contributed by atoms with Crippen molar-refractivity contribution in [1.29, 1.82) is 0 Å². The van der Waals surface area contributed by atoms with Crippen LogP contribution in [0, 0.1) is 20.8 Å². The van der Waals surface area contributed by atoms with E-state index in [0.717, 1.165) is 39.1 Å². The van der Waals surface area contributed by atoms with E-state index in [-0.39, 0.29) is 0 Å². The molecule has 0 spiro atoms. The van der Waals surface area contributed by atoms with Crippen LogP contribution in [0.25, 0.3) is 21.9 Å². The summed E-state index contributed by atoms with van der Waals surface area (Å²) in [7, 11) is 1.98. The Labute approximate surface area is 98.5 Å². The zero-order valence-corrected chi connectivity index (χ0v) is 10.3. The van der Waals surface area contributed by atoms with Crippen LogP contribution in [0.4, 0.5) is 0 Å². The van der Waals surface area contributed by atoms with Gasteiger partial charge in [0.25, 0.3) is 0 Å². The van der Waals surface area contributed by atoms with Gasteiger partial charge >= 0.3 is 0 Å². The lowest BCUT2D eigenvalue weighted by Gasteiger charge is -2.04. The van der Waals surface area contributed by atoms with Gasteiger partial charge in [0.2, 0.25) is 0 Å². The third-order valence-electron chi connectivity index (χ3n) is 3.20. The Kier molecular flexibility index (Phi) is 1.92. The summed E-state index contributed by atoms with van der Waals surface area (Å²) in [5.41, 5.74) is 3.68. The second kappa shape index (κ2) is 3.23. The average molecular weight is 227 g/mol. The topological polar surface area (TPSA) is 56.5 Å². The van der Waals surface area contributed by atoms with Crippen LogP contribution in [0.1, 0.15) is 17.2 Å². The molecule has 0 radical (unpaired) electrons. The zero-order valence-electron chi connectivity index (χ0n) is 10.3. The SMILES string of the molecule is Cc1nncc2c1c(C)nc1c2nc(C)n1C. The van der Waals surface area contributed by atoms with Crippen molar-refractivity contribution in [3.05, 3.63) is 23.4 Å². The van der Waals surface area contributed by atoms with Crippen molar-refractivity contribution in [1.82, 2.24) is 24.7 Å². The fourth-order valence-corrected chi connectivity index (χ4v) is 2.24. The van der Waals surface area contributed by atoms with Crippen LogP contribution in [-0.4, -0.2) is 24.7 Å². The number of fused-ring (bicyclic) bond motifs is 3. The molecule has 17 heavy (non-hydrogen) atoms. The number of aromatic nitrogens is 5. The van der Waals surface area contributed by atoms with E-state index in [1.165, 1.54) is 0 Å². The highest BCUT2D eigenvalue weighted by Gasteiger charge is 2.13. The smallest absolute Gasteiger partial charge is 0.160 e. The molecule has 0 saturated heterocycles. The maximum atomic E-state index is 4.62. The second-order valence-electron chi connectivity index (χ2n) is 4.31. The van der Waals surface area contributed by atoms with Crippen molar-refractivity contribution in [3.63, 3.8) is 0 Å². The number of aryl methyl sites for hydroxylation is 4. The Morgan fingerprint density at radius 2 is 1.82 bits per heavy atom. The first-order valence-corrected chi connectivity index (χ1v) is 5.51. The molecule has 3 aromatic heterocycles. The van der Waals surface area contributed by atoms with Gasteiger partial charge in [0.1, 0.15) is 11.3 Å². The molecule has 3 rings (SSSR count). The van der Waals surface area contributed by atoms with Crippen molar-refractivity contribution in [2.45, 2.75) is 20.8 Å². The van der Waals surface area contributed by atoms with Crippen molar-refractivity contribution < 1.29 is 0 Å². The second-order valence-corrected chi connectivity index (χ2v) is 4.31. The van der Waals surface area contributed by atoms with Crippen LogP contribution in [-0.2, 0) is 7.05 Å². The van der Waals surface area contributed by atoms with Crippen LogP contribution < -0.4 is 0 Å². The Bertz CT molecular complexity index is 742. The van der Waals surface area contributed by atoms with Gasteiger partial charge in [0.15, 0.2) is 5.65 Å². The minimum atomic E-state index is 0.901. The number of imidazole rings is 1. The summed E-state index contributed by atoms with van der Waals surface area (Å²) >= 11 is 0. The lowest BCUT2D eigenvalue weighted by molar-refractivity contribution is 0.872. The molecule has 5 nitrogen and oxygen atoms in total. The molecule has 0 atom stereocenters. The van der Waals surface area contributed by atoms with Gasteiger partial charge in [-0.2, -0.15) is 10.2 Å². The first-order chi connectivity index (χ1) is 8.09. The van der Waals surface area contributed by atoms with E-state index in [9.17, 15) is 0 Å². The Morgan fingerprint density at radius 1 is 1.06 bits per heavy atom. The molecule has 0 aliphatic heterocycles. The number of pyridine rings is 1. The summed E-state index contributed by atoms with van der Waals surface area (Å²) in [6.07, 6.45) is 1.77. The highest BCUT2D eigenvalue weighted by atomic mass is 15.1. The number of rotatable bonds is 0. The van der Waals surface area contributed by atoms with Crippen LogP contribution in [0.15, 0.2) is 6.20 Å². The molecule has 3 aromatic rings. The van der Waals surface area contributed by atoms with Gasteiger partial charge in [-0.1, -0.05) is 0 Å². The first-order valence-electron chi connectivity index (χ1n) is 5.51. The number of hydrogen-bond donors (Lipinski definition) is 0. The molecule has 0 aromatic carbocycles. The number of nitrogens with zero attached hydrogens (tertiary/aromatic N) is 5. The normalized spacial score (nSPS) is 11.5. The van der Waals surface area contributed by atoms with Gasteiger partial charge in [-0.25, -0.2) is 9.97 Å². The fraction of sp³-hybridized carbons (Fsp3) is 0.333. The summed E-state index contributed by atoms with van der Waals surface area (Å²) < 4.78 is 2.00. The van der Waals surface area contributed by atoms with E-state index in [2.05, 4.69) is 20.2 Å². The zero-order chi connectivity index (χ0) is 12.2. The van der Waals surface area contributed by atoms with Crippen molar-refractivity contribution in [2.75, 3.05) is 0 Å². The molecule has 0 aliphatic rings. The van der Waals surface area contributed by atoms with E-state index in [1.54, 1.807) is 6.20 Å². The summed E-state index contributed by atoms with van der Waals surface area (Å²) in [6, 6.07) is 0. The van der Waals surface area contributed by atoms with E-state index < -0.39 is 0 Å². The third kappa shape index (κ3) is 1.25. The maximum Gasteiger partial charge on any atom is 0.160 e. The minimum Gasteiger partial charge on any atom is -0.316 e. The van der Waals surface area contributed by atoms with Crippen molar-refractivity contribution >= 4 is 21.9 Å².